The zero-order valence-electron chi connectivity index (χ0n) is 37.0. The Bertz CT molecular complexity index is 1240. The third kappa shape index (κ3) is 33.6. The minimum absolute atomic E-state index is 0.0666. The van der Waals surface area contributed by atoms with Crippen molar-refractivity contribution in [2.45, 2.75) is 200 Å². The fourth-order valence-electron chi connectivity index (χ4n) is 6.40. The summed E-state index contributed by atoms with van der Waals surface area (Å²) in [5, 5.41) is 0. The fraction of sp³-hybridized carbons (Fsp3) is 0.739. The second-order valence-corrected chi connectivity index (χ2v) is 22.9. The fourth-order valence-corrected chi connectivity index (χ4v) is 12.6. The standard InChI is InChI=1S/C16H35N.C16H36P.2C7H8O3S/c1-2-3-4-5-6-7-8-9-10-11-12-13-14-15-16-17;1-5-9-13-17(14-10-6-2,15-11-7-3)16-12-8-4;2*1-6-2-4-7(5-3-6)11(8,9)10/h2-17H2,1H3;5-16H2,1-4H3;2*2-5H,1H3,(H,8,9,10)/q;+1;;/p-1. The number of hydrogen-bond donors (Lipinski definition) is 2. The number of nitrogens with two attached hydrogens (primary N) is 1. The van der Waals surface area contributed by atoms with Crippen molar-refractivity contribution in [3.8, 4) is 0 Å². The van der Waals surface area contributed by atoms with Gasteiger partial charge in [-0.2, -0.15) is 8.42 Å². The molecule has 0 atom stereocenters. The first-order valence-corrected chi connectivity index (χ1v) is 27.7. The molecule has 2 aromatic rings. The van der Waals surface area contributed by atoms with Crippen LogP contribution in [0.2, 0.25) is 0 Å². The van der Waals surface area contributed by atoms with E-state index in [0.29, 0.717) is 0 Å². The van der Waals surface area contributed by atoms with E-state index < -0.39 is 27.5 Å². The molecule has 0 aliphatic rings. The molecule has 0 amide bonds. The van der Waals surface area contributed by atoms with Gasteiger partial charge in [0.15, 0.2) is 0 Å². The Labute approximate surface area is 348 Å². The smallest absolute Gasteiger partial charge is 0.294 e. The van der Waals surface area contributed by atoms with Gasteiger partial charge in [-0.1, -0.05) is 179 Å². The topological polar surface area (TPSA) is 138 Å². The highest BCUT2D eigenvalue weighted by Gasteiger charge is 2.34. The van der Waals surface area contributed by atoms with Gasteiger partial charge in [0.05, 0.1) is 34.4 Å². The molecule has 0 radical (unpaired) electrons. The van der Waals surface area contributed by atoms with Gasteiger partial charge in [0.1, 0.15) is 10.1 Å². The largest absolute Gasteiger partial charge is 0.744 e. The lowest BCUT2D eigenvalue weighted by molar-refractivity contribution is 0.463. The van der Waals surface area contributed by atoms with E-state index in [1.807, 2.05) is 13.8 Å². The lowest BCUT2D eigenvalue weighted by Crippen LogP contribution is -2.12. The predicted octanol–water partition coefficient (Wildman–Crippen LogP) is 13.8. The van der Waals surface area contributed by atoms with Crippen LogP contribution in [0.3, 0.4) is 0 Å². The van der Waals surface area contributed by atoms with Crippen molar-refractivity contribution in [2.75, 3.05) is 31.2 Å². The van der Waals surface area contributed by atoms with Gasteiger partial charge in [-0.15, -0.1) is 0 Å². The van der Waals surface area contributed by atoms with Crippen molar-refractivity contribution < 1.29 is 25.9 Å². The Morgan fingerprint density at radius 1 is 0.464 bits per heavy atom. The van der Waals surface area contributed by atoms with Gasteiger partial charge in [-0.3, -0.25) is 4.55 Å². The van der Waals surface area contributed by atoms with Crippen LogP contribution >= 0.6 is 7.26 Å². The maximum atomic E-state index is 10.5. The van der Waals surface area contributed by atoms with Crippen LogP contribution in [0, 0.1) is 13.8 Å². The van der Waals surface area contributed by atoms with E-state index in [9.17, 15) is 21.4 Å². The molecular formula is C46H86NO6PS2. The first-order valence-electron chi connectivity index (χ1n) is 22.3. The Morgan fingerprint density at radius 2 is 0.732 bits per heavy atom. The second-order valence-electron chi connectivity index (χ2n) is 15.6. The molecule has 0 fully saturated rings. The zero-order chi connectivity index (χ0) is 42.6. The van der Waals surface area contributed by atoms with Crippen molar-refractivity contribution in [3.05, 3.63) is 59.7 Å². The van der Waals surface area contributed by atoms with Gasteiger partial charge >= 0.3 is 0 Å². The Balaban J connectivity index is 0. The van der Waals surface area contributed by atoms with Gasteiger partial charge in [0.25, 0.3) is 10.1 Å². The molecule has 3 N–H and O–H groups in total. The molecule has 0 aliphatic carbocycles. The van der Waals surface area contributed by atoms with E-state index in [-0.39, 0.29) is 9.79 Å². The van der Waals surface area contributed by atoms with E-state index in [1.165, 1.54) is 166 Å². The van der Waals surface area contributed by atoms with Gasteiger partial charge in [0.2, 0.25) is 0 Å². The second kappa shape index (κ2) is 36.7. The number of benzene rings is 2. The van der Waals surface area contributed by atoms with Crippen LogP contribution in [0.4, 0.5) is 0 Å². The highest BCUT2D eigenvalue weighted by atomic mass is 32.2. The molecule has 0 saturated heterocycles. The first kappa shape index (κ1) is 56.7. The monoisotopic (exact) mass is 844 g/mol. The summed E-state index contributed by atoms with van der Waals surface area (Å²) < 4.78 is 60.7. The molecule has 0 unspecified atom stereocenters. The van der Waals surface area contributed by atoms with Crippen molar-refractivity contribution in [1.82, 2.24) is 0 Å². The quantitative estimate of drug-likeness (QED) is 0.0494. The maximum Gasteiger partial charge on any atom is 0.294 e. The highest BCUT2D eigenvalue weighted by Crippen LogP contribution is 2.61. The molecule has 0 saturated carbocycles. The average Bonchev–Trinajstić information content (AvgIpc) is 3.16. The highest BCUT2D eigenvalue weighted by molar-refractivity contribution is 7.86. The van der Waals surface area contributed by atoms with Gasteiger partial charge in [-0.25, -0.2) is 8.42 Å². The SMILES string of the molecule is CCCCCCCCCCCCCCCCN.CCCC[P+](CCCC)(CCCC)CCCC.Cc1ccc(S(=O)(=O)O)cc1.Cc1ccc(S(=O)(=O)[O-])cc1. The van der Waals surface area contributed by atoms with Crippen LogP contribution in [-0.2, 0) is 20.2 Å². The summed E-state index contributed by atoms with van der Waals surface area (Å²) in [6, 6.07) is 11.8. The third-order valence-electron chi connectivity index (χ3n) is 10.1. The van der Waals surface area contributed by atoms with Crippen LogP contribution in [-0.4, -0.2) is 57.1 Å². The molecule has 0 heterocycles. The van der Waals surface area contributed by atoms with Crippen molar-refractivity contribution in [1.29, 1.82) is 0 Å². The molecule has 0 aliphatic heterocycles. The molecule has 328 valence electrons. The molecule has 0 bridgehead atoms. The summed E-state index contributed by atoms with van der Waals surface area (Å²) in [7, 11) is -8.85. The summed E-state index contributed by atoms with van der Waals surface area (Å²) >= 11 is 0. The number of rotatable bonds is 28. The van der Waals surface area contributed by atoms with Crippen LogP contribution in [0.25, 0.3) is 0 Å². The minimum Gasteiger partial charge on any atom is -0.744 e. The maximum absolute atomic E-state index is 10.5. The van der Waals surface area contributed by atoms with Crippen LogP contribution in [0.15, 0.2) is 58.3 Å². The summed E-state index contributed by atoms with van der Waals surface area (Å²) in [5.41, 5.74) is 7.35. The number of aryl methyl sites for hydroxylation is 2. The Morgan fingerprint density at radius 3 is 0.982 bits per heavy atom. The summed E-state index contributed by atoms with van der Waals surface area (Å²) in [6.07, 6.45) is 37.8. The lowest BCUT2D eigenvalue weighted by atomic mass is 10.0. The van der Waals surface area contributed by atoms with Gasteiger partial charge in [-0.05, 0) is 76.8 Å². The molecule has 56 heavy (non-hydrogen) atoms. The molecular weight excluding hydrogens is 758 g/mol. The van der Waals surface area contributed by atoms with E-state index in [1.54, 1.807) is 48.9 Å². The average molecular weight is 844 g/mol. The molecule has 10 heteroatoms. The molecule has 2 rings (SSSR count). The lowest BCUT2D eigenvalue weighted by Gasteiger charge is -2.28. The predicted molar refractivity (Wildman–Crippen MR) is 246 cm³/mol. The van der Waals surface area contributed by atoms with Crippen molar-refractivity contribution in [2.24, 2.45) is 5.73 Å². The van der Waals surface area contributed by atoms with E-state index in [4.69, 9.17) is 10.3 Å². The minimum atomic E-state index is -4.27. The molecule has 0 spiro atoms. The third-order valence-corrected chi connectivity index (χ3v) is 16.9. The molecule has 2 aromatic carbocycles. The molecule has 0 aromatic heterocycles. The summed E-state index contributed by atoms with van der Waals surface area (Å²) in [6.45, 7) is 16.2. The van der Waals surface area contributed by atoms with Gasteiger partial charge < -0.3 is 10.3 Å². The van der Waals surface area contributed by atoms with Crippen LogP contribution in [0.1, 0.15) is 187 Å². The Hall–Kier alpha value is -1.35. The molecule has 7 nitrogen and oxygen atoms in total. The van der Waals surface area contributed by atoms with E-state index in [0.717, 1.165) is 17.7 Å². The normalized spacial score (nSPS) is 11.5. The van der Waals surface area contributed by atoms with Crippen LogP contribution in [0.5, 0.6) is 0 Å². The summed E-state index contributed by atoms with van der Waals surface area (Å²) in [5.74, 6) is 0. The van der Waals surface area contributed by atoms with Gasteiger partial charge in [0, 0.05) is 7.26 Å². The van der Waals surface area contributed by atoms with Crippen molar-refractivity contribution in [3.63, 3.8) is 0 Å². The zero-order valence-corrected chi connectivity index (χ0v) is 39.6. The Kier molecular flexibility index (Phi) is 37.2. The number of hydrogen-bond acceptors (Lipinski definition) is 6. The van der Waals surface area contributed by atoms with E-state index in [2.05, 4.69) is 34.6 Å². The summed E-state index contributed by atoms with van der Waals surface area (Å²) in [4.78, 5) is -0.244. The van der Waals surface area contributed by atoms with E-state index >= 15 is 0 Å². The van der Waals surface area contributed by atoms with Crippen LogP contribution < -0.4 is 5.73 Å². The number of unbranched alkanes of at least 4 members (excludes halogenated alkanes) is 17. The first-order chi connectivity index (χ1) is 26.7. The van der Waals surface area contributed by atoms with Crippen molar-refractivity contribution >= 4 is 27.5 Å².